The van der Waals surface area contributed by atoms with Crippen LogP contribution in [0.25, 0.3) is 0 Å². The Morgan fingerprint density at radius 3 is 2.26 bits per heavy atom. The Kier molecular flexibility index (Phi) is 6.51. The molecule has 0 aliphatic carbocycles. The molecule has 0 aliphatic heterocycles. The van der Waals surface area contributed by atoms with Crippen LogP contribution in [0.5, 0.6) is 5.75 Å². The molecule has 3 aromatic rings. The molecule has 1 heterocycles. The zero-order valence-corrected chi connectivity index (χ0v) is 17.6. The molecular formula is C21H20N4O5S. The Labute approximate surface area is 179 Å². The van der Waals surface area contributed by atoms with Crippen LogP contribution in [0.3, 0.4) is 0 Å². The third-order valence-electron chi connectivity index (χ3n) is 4.16. The first kappa shape index (κ1) is 21.8. The normalized spacial score (nSPS) is 10.8. The average Bonchev–Trinajstić information content (AvgIpc) is 2.77. The van der Waals surface area contributed by atoms with Crippen molar-refractivity contribution in [1.82, 2.24) is 15.8 Å². The summed E-state index contributed by atoms with van der Waals surface area (Å²) in [7, 11) is -2.43. The van der Waals surface area contributed by atoms with E-state index in [1.807, 2.05) is 0 Å². The van der Waals surface area contributed by atoms with Crippen LogP contribution < -0.4 is 20.3 Å². The molecule has 31 heavy (non-hydrogen) atoms. The van der Waals surface area contributed by atoms with Gasteiger partial charge in [-0.1, -0.05) is 12.1 Å². The maximum Gasteiger partial charge on any atom is 0.288 e. The van der Waals surface area contributed by atoms with Crippen LogP contribution in [-0.4, -0.2) is 32.3 Å². The highest BCUT2D eigenvalue weighted by Crippen LogP contribution is 2.20. The van der Waals surface area contributed by atoms with Crippen molar-refractivity contribution in [2.45, 2.75) is 11.8 Å². The van der Waals surface area contributed by atoms with Gasteiger partial charge in [0.05, 0.1) is 12.0 Å². The monoisotopic (exact) mass is 440 g/mol. The molecule has 2 aromatic carbocycles. The molecule has 0 fully saturated rings. The number of hydrogen-bond donors (Lipinski definition) is 3. The fourth-order valence-electron chi connectivity index (χ4n) is 2.60. The van der Waals surface area contributed by atoms with Gasteiger partial charge < -0.3 is 4.74 Å². The predicted molar refractivity (Wildman–Crippen MR) is 114 cm³/mol. The van der Waals surface area contributed by atoms with Crippen LogP contribution in [0.1, 0.15) is 26.5 Å². The first-order valence-electron chi connectivity index (χ1n) is 9.10. The first-order valence-corrected chi connectivity index (χ1v) is 10.6. The molecule has 0 unspecified atom stereocenters. The molecule has 10 heteroatoms. The van der Waals surface area contributed by atoms with E-state index in [0.29, 0.717) is 17.1 Å². The van der Waals surface area contributed by atoms with E-state index in [4.69, 9.17) is 4.74 Å². The van der Waals surface area contributed by atoms with Crippen LogP contribution in [-0.2, 0) is 10.0 Å². The molecule has 0 saturated carbocycles. The fourth-order valence-corrected chi connectivity index (χ4v) is 3.70. The number of nitrogens with one attached hydrogen (secondary N) is 3. The standard InChI is InChI=1S/C21H20N4O5S/c1-14-5-3-8-19(22-14)21(27)24-23-20(26)15-6-4-7-18(13-15)31(28,29)25-16-9-11-17(30-2)12-10-16/h3-13,25H,1-2H3,(H,23,26)(H,24,27). The second-order valence-corrected chi connectivity index (χ2v) is 8.12. The SMILES string of the molecule is COc1ccc(NS(=O)(=O)c2cccc(C(=O)NNC(=O)c3cccc(C)n3)c2)cc1. The highest BCUT2D eigenvalue weighted by molar-refractivity contribution is 7.92. The van der Waals surface area contributed by atoms with Crippen molar-refractivity contribution in [2.24, 2.45) is 0 Å². The van der Waals surface area contributed by atoms with Crippen molar-refractivity contribution < 1.29 is 22.7 Å². The van der Waals surface area contributed by atoms with E-state index in [-0.39, 0.29) is 16.2 Å². The molecule has 0 aliphatic rings. The maximum atomic E-state index is 12.7. The number of sulfonamides is 1. The maximum absolute atomic E-state index is 12.7. The quantitative estimate of drug-likeness (QED) is 0.505. The highest BCUT2D eigenvalue weighted by Gasteiger charge is 2.17. The molecule has 2 amide bonds. The number of ether oxygens (including phenoxy) is 1. The van der Waals surface area contributed by atoms with Crippen LogP contribution in [0.15, 0.2) is 71.6 Å². The largest absolute Gasteiger partial charge is 0.497 e. The number of anilines is 1. The van der Waals surface area contributed by atoms with Gasteiger partial charge in [-0.25, -0.2) is 13.4 Å². The summed E-state index contributed by atoms with van der Waals surface area (Å²) in [6, 6.07) is 16.7. The van der Waals surface area contributed by atoms with Gasteiger partial charge in [0, 0.05) is 16.9 Å². The number of rotatable bonds is 6. The lowest BCUT2D eigenvalue weighted by atomic mass is 10.2. The van der Waals surface area contributed by atoms with Crippen molar-refractivity contribution in [3.63, 3.8) is 0 Å². The van der Waals surface area contributed by atoms with Crippen molar-refractivity contribution in [3.05, 3.63) is 83.7 Å². The zero-order valence-electron chi connectivity index (χ0n) is 16.7. The Hall–Kier alpha value is -3.92. The number of amides is 2. The Morgan fingerprint density at radius 1 is 0.903 bits per heavy atom. The van der Waals surface area contributed by atoms with Gasteiger partial charge in [0.2, 0.25) is 0 Å². The van der Waals surface area contributed by atoms with E-state index in [1.165, 1.54) is 37.4 Å². The van der Waals surface area contributed by atoms with Crippen molar-refractivity contribution in [3.8, 4) is 5.75 Å². The van der Waals surface area contributed by atoms with Crippen molar-refractivity contribution >= 4 is 27.5 Å². The van der Waals surface area contributed by atoms with Gasteiger partial charge in [0.1, 0.15) is 11.4 Å². The second-order valence-electron chi connectivity index (χ2n) is 6.43. The molecule has 0 atom stereocenters. The van der Waals surface area contributed by atoms with Gasteiger partial charge in [-0.05, 0) is 61.5 Å². The molecular weight excluding hydrogens is 420 g/mol. The van der Waals surface area contributed by atoms with Gasteiger partial charge >= 0.3 is 0 Å². The number of hydrogen-bond acceptors (Lipinski definition) is 6. The summed E-state index contributed by atoms with van der Waals surface area (Å²) in [6.07, 6.45) is 0. The van der Waals surface area contributed by atoms with Crippen molar-refractivity contribution in [2.75, 3.05) is 11.8 Å². The summed E-state index contributed by atoms with van der Waals surface area (Å²) < 4.78 is 32.8. The van der Waals surface area contributed by atoms with E-state index in [0.717, 1.165) is 0 Å². The van der Waals surface area contributed by atoms with Crippen molar-refractivity contribution in [1.29, 1.82) is 0 Å². The lowest BCUT2D eigenvalue weighted by Crippen LogP contribution is -2.42. The minimum Gasteiger partial charge on any atom is -0.497 e. The van der Waals surface area contributed by atoms with Crippen LogP contribution >= 0.6 is 0 Å². The average molecular weight is 440 g/mol. The molecule has 3 rings (SSSR count). The summed E-state index contributed by atoms with van der Waals surface area (Å²) in [4.78, 5) is 28.4. The number of benzene rings is 2. The number of aromatic nitrogens is 1. The summed E-state index contributed by atoms with van der Waals surface area (Å²) in [5.74, 6) is -0.686. The van der Waals surface area contributed by atoms with Crippen LogP contribution in [0.2, 0.25) is 0 Å². The Balaban J connectivity index is 1.69. The summed E-state index contributed by atoms with van der Waals surface area (Å²) in [5.41, 5.74) is 5.69. The third-order valence-corrected chi connectivity index (χ3v) is 5.54. The van der Waals surface area contributed by atoms with Gasteiger partial charge in [0.25, 0.3) is 21.8 Å². The number of hydrazine groups is 1. The number of nitrogens with zero attached hydrogens (tertiary/aromatic N) is 1. The summed E-state index contributed by atoms with van der Waals surface area (Å²) >= 11 is 0. The molecule has 0 saturated heterocycles. The van der Waals surface area contributed by atoms with E-state index in [9.17, 15) is 18.0 Å². The second kappa shape index (κ2) is 9.26. The summed E-state index contributed by atoms with van der Waals surface area (Å²) in [5, 5.41) is 0. The minimum absolute atomic E-state index is 0.0510. The zero-order chi connectivity index (χ0) is 22.4. The Bertz CT molecular complexity index is 1210. The molecule has 160 valence electrons. The molecule has 9 nitrogen and oxygen atoms in total. The molecule has 0 spiro atoms. The molecule has 0 bridgehead atoms. The third kappa shape index (κ3) is 5.58. The number of carbonyl (C=O) groups is 2. The molecule has 0 radical (unpaired) electrons. The van der Waals surface area contributed by atoms with Crippen LogP contribution in [0.4, 0.5) is 5.69 Å². The van der Waals surface area contributed by atoms with Gasteiger partial charge in [-0.15, -0.1) is 0 Å². The number of aryl methyl sites for hydroxylation is 1. The molecule has 3 N–H and O–H groups in total. The van der Waals surface area contributed by atoms with E-state index >= 15 is 0 Å². The molecule has 1 aromatic heterocycles. The first-order chi connectivity index (χ1) is 14.8. The van der Waals surface area contributed by atoms with Gasteiger partial charge in [-0.3, -0.25) is 25.2 Å². The van der Waals surface area contributed by atoms with E-state index < -0.39 is 21.8 Å². The Morgan fingerprint density at radius 2 is 1.58 bits per heavy atom. The number of methoxy groups -OCH3 is 1. The smallest absolute Gasteiger partial charge is 0.288 e. The van der Waals surface area contributed by atoms with Crippen LogP contribution in [0, 0.1) is 6.92 Å². The topological polar surface area (TPSA) is 126 Å². The van der Waals surface area contributed by atoms with E-state index in [1.54, 1.807) is 43.3 Å². The number of carbonyl (C=O) groups excluding carboxylic acids is 2. The van der Waals surface area contributed by atoms with E-state index in [2.05, 4.69) is 20.6 Å². The highest BCUT2D eigenvalue weighted by atomic mass is 32.2. The number of pyridine rings is 1. The van der Waals surface area contributed by atoms with Gasteiger partial charge in [-0.2, -0.15) is 0 Å². The minimum atomic E-state index is -3.94. The lowest BCUT2D eigenvalue weighted by Gasteiger charge is -2.11. The van der Waals surface area contributed by atoms with Gasteiger partial charge in [0.15, 0.2) is 0 Å². The summed E-state index contributed by atoms with van der Waals surface area (Å²) in [6.45, 7) is 1.74. The fraction of sp³-hybridized carbons (Fsp3) is 0.0952. The predicted octanol–water partition coefficient (Wildman–Crippen LogP) is 2.27. The lowest BCUT2D eigenvalue weighted by molar-refractivity contribution is 0.0843.